The van der Waals surface area contributed by atoms with Gasteiger partial charge >= 0.3 is 0 Å². The molecule has 0 saturated carbocycles. The molecule has 0 bridgehead atoms. The average Bonchev–Trinajstić information content (AvgIpc) is 2.49. The number of methoxy groups -OCH3 is 1. The van der Waals surface area contributed by atoms with Crippen LogP contribution in [0.2, 0.25) is 0 Å². The highest BCUT2D eigenvalue weighted by Crippen LogP contribution is 2.13. The van der Waals surface area contributed by atoms with Crippen molar-refractivity contribution in [2.45, 2.75) is 20.8 Å². The van der Waals surface area contributed by atoms with E-state index in [0.29, 0.717) is 5.56 Å². The maximum Gasteiger partial charge on any atom is 0.191 e. The van der Waals surface area contributed by atoms with Crippen LogP contribution in [0.25, 0.3) is 0 Å². The Labute approximate surface area is 116 Å². The molecule has 0 fully saturated rings. The van der Waals surface area contributed by atoms with Gasteiger partial charge in [-0.25, -0.2) is 0 Å². The first-order valence-corrected chi connectivity index (χ1v) is 6.84. The van der Waals surface area contributed by atoms with Gasteiger partial charge in [-0.15, -0.1) is 0 Å². The molecular weight excluding hydrogens is 238 g/mol. The number of benzene rings is 1. The smallest absolute Gasteiger partial charge is 0.191 e. The largest absolute Gasteiger partial charge is 0.497 e. The zero-order valence-corrected chi connectivity index (χ0v) is 12.3. The quantitative estimate of drug-likeness (QED) is 0.428. The van der Waals surface area contributed by atoms with Crippen LogP contribution in [0.3, 0.4) is 0 Å². The van der Waals surface area contributed by atoms with E-state index in [9.17, 15) is 4.79 Å². The van der Waals surface area contributed by atoms with Crippen LogP contribution in [-0.2, 0) is 0 Å². The van der Waals surface area contributed by atoms with Gasteiger partial charge in [0.15, 0.2) is 5.78 Å². The van der Waals surface area contributed by atoms with Gasteiger partial charge in [0.05, 0.1) is 32.9 Å². The van der Waals surface area contributed by atoms with E-state index >= 15 is 0 Å². The Kier molecular flexibility index (Phi) is 5.77. The summed E-state index contributed by atoms with van der Waals surface area (Å²) < 4.78 is 5.92. The third-order valence-electron chi connectivity index (χ3n) is 3.81. The van der Waals surface area contributed by atoms with E-state index in [1.165, 1.54) is 0 Å². The first-order valence-electron chi connectivity index (χ1n) is 6.84. The van der Waals surface area contributed by atoms with Crippen molar-refractivity contribution < 1.29 is 14.0 Å². The molecule has 0 amide bonds. The van der Waals surface area contributed by atoms with Gasteiger partial charge in [0.2, 0.25) is 0 Å². The molecule has 0 aliphatic rings. The minimum absolute atomic E-state index is 0.0421. The fourth-order valence-electron chi connectivity index (χ4n) is 2.06. The molecule has 0 heterocycles. The molecule has 1 rings (SSSR count). The van der Waals surface area contributed by atoms with Crippen LogP contribution >= 0.6 is 0 Å². The maximum absolute atomic E-state index is 12.1. The van der Waals surface area contributed by atoms with E-state index in [2.05, 4.69) is 20.8 Å². The zero-order valence-electron chi connectivity index (χ0n) is 12.3. The van der Waals surface area contributed by atoms with Crippen LogP contribution in [-0.4, -0.2) is 37.0 Å². The lowest BCUT2D eigenvalue weighted by molar-refractivity contribution is -0.874. The van der Waals surface area contributed by atoms with Gasteiger partial charge in [-0.2, -0.15) is 0 Å². The molecule has 0 radical (unpaired) electrons. The number of ether oxygens (including phenoxy) is 1. The van der Waals surface area contributed by atoms with Gasteiger partial charge in [-0.05, 0) is 45.0 Å². The number of quaternary nitrogens is 1. The summed E-state index contributed by atoms with van der Waals surface area (Å²) in [6.07, 6.45) is 3.71. The van der Waals surface area contributed by atoms with Gasteiger partial charge in [0, 0.05) is 11.6 Å². The predicted octanol–water partition coefficient (Wildman–Crippen LogP) is 3.27. The van der Waals surface area contributed by atoms with Crippen LogP contribution in [0.5, 0.6) is 5.75 Å². The standard InChI is InChI=1S/C16H24NO2/c1-5-17(6-2,7-3)13-12-16(18)14-8-10-15(19-4)11-9-14/h8-13H,5-7H2,1-4H3/q+1. The fourth-order valence-corrected chi connectivity index (χ4v) is 2.06. The first-order chi connectivity index (χ1) is 9.10. The highest BCUT2D eigenvalue weighted by Gasteiger charge is 2.17. The minimum atomic E-state index is 0.0421. The zero-order chi connectivity index (χ0) is 14.3. The SMILES string of the molecule is CC[N+](C=CC(=O)c1ccc(OC)cc1)(CC)CC. The first kappa shape index (κ1) is 15.4. The summed E-state index contributed by atoms with van der Waals surface area (Å²) in [7, 11) is 1.62. The topological polar surface area (TPSA) is 26.3 Å². The van der Waals surface area contributed by atoms with E-state index < -0.39 is 0 Å². The molecule has 19 heavy (non-hydrogen) atoms. The second kappa shape index (κ2) is 7.10. The van der Waals surface area contributed by atoms with Crippen molar-refractivity contribution in [1.82, 2.24) is 0 Å². The number of hydrogen-bond acceptors (Lipinski definition) is 2. The van der Waals surface area contributed by atoms with Crippen LogP contribution in [0.15, 0.2) is 36.5 Å². The molecule has 0 atom stereocenters. The van der Waals surface area contributed by atoms with Crippen molar-refractivity contribution in [3.8, 4) is 5.75 Å². The molecule has 0 saturated heterocycles. The summed E-state index contributed by atoms with van der Waals surface area (Å²) >= 11 is 0. The van der Waals surface area contributed by atoms with Gasteiger partial charge in [0.1, 0.15) is 5.75 Å². The predicted molar refractivity (Wildman–Crippen MR) is 78.3 cm³/mol. The third kappa shape index (κ3) is 3.93. The van der Waals surface area contributed by atoms with Crippen LogP contribution in [0, 0.1) is 0 Å². The summed E-state index contributed by atoms with van der Waals surface area (Å²) in [6, 6.07) is 7.21. The number of carbonyl (C=O) groups excluding carboxylic acids is 1. The average molecular weight is 262 g/mol. The van der Waals surface area contributed by atoms with Crippen LogP contribution in [0.4, 0.5) is 0 Å². The molecule has 3 heteroatoms. The fraction of sp³-hybridized carbons (Fsp3) is 0.438. The summed E-state index contributed by atoms with van der Waals surface area (Å²) in [6.45, 7) is 9.44. The Bertz CT molecular complexity index is 422. The Morgan fingerprint density at radius 3 is 2.05 bits per heavy atom. The molecule has 104 valence electrons. The number of carbonyl (C=O) groups is 1. The van der Waals surface area contributed by atoms with Gasteiger partial charge < -0.3 is 4.74 Å². The van der Waals surface area contributed by atoms with Gasteiger partial charge in [0.25, 0.3) is 0 Å². The molecule has 0 aromatic heterocycles. The van der Waals surface area contributed by atoms with Gasteiger partial charge in [-0.3, -0.25) is 9.28 Å². The maximum atomic E-state index is 12.1. The number of nitrogens with zero attached hydrogens (tertiary/aromatic N) is 1. The van der Waals surface area contributed by atoms with Crippen molar-refractivity contribution >= 4 is 5.78 Å². The van der Waals surface area contributed by atoms with Gasteiger partial charge in [-0.1, -0.05) is 0 Å². The highest BCUT2D eigenvalue weighted by atomic mass is 16.5. The van der Waals surface area contributed by atoms with Crippen molar-refractivity contribution in [2.75, 3.05) is 26.7 Å². The number of rotatable bonds is 7. The molecular formula is C16H24NO2+. The Balaban J connectivity index is 2.83. The summed E-state index contributed by atoms with van der Waals surface area (Å²) in [4.78, 5) is 12.1. The molecule has 1 aromatic carbocycles. The van der Waals surface area contributed by atoms with Crippen molar-refractivity contribution in [3.05, 3.63) is 42.1 Å². The van der Waals surface area contributed by atoms with Crippen molar-refractivity contribution in [1.29, 1.82) is 0 Å². The lowest BCUT2D eigenvalue weighted by Crippen LogP contribution is -2.42. The van der Waals surface area contributed by atoms with Crippen LogP contribution in [0.1, 0.15) is 31.1 Å². The Hall–Kier alpha value is -1.61. The van der Waals surface area contributed by atoms with E-state index in [-0.39, 0.29) is 5.78 Å². The third-order valence-corrected chi connectivity index (χ3v) is 3.81. The van der Waals surface area contributed by atoms with E-state index in [4.69, 9.17) is 4.74 Å². The van der Waals surface area contributed by atoms with E-state index in [1.807, 2.05) is 18.3 Å². The van der Waals surface area contributed by atoms with Crippen molar-refractivity contribution in [2.24, 2.45) is 0 Å². The minimum Gasteiger partial charge on any atom is -0.497 e. The molecule has 0 spiro atoms. The second-order valence-corrected chi connectivity index (χ2v) is 4.58. The summed E-state index contributed by atoms with van der Waals surface area (Å²) in [5, 5.41) is 0. The molecule has 0 aliphatic heterocycles. The lowest BCUT2D eigenvalue weighted by atomic mass is 10.1. The van der Waals surface area contributed by atoms with Crippen LogP contribution < -0.4 is 4.74 Å². The monoisotopic (exact) mass is 262 g/mol. The normalized spacial score (nSPS) is 11.8. The molecule has 0 N–H and O–H groups in total. The summed E-state index contributed by atoms with van der Waals surface area (Å²) in [5.41, 5.74) is 0.693. The number of allylic oxidation sites excluding steroid dienone is 1. The lowest BCUT2D eigenvalue weighted by Gasteiger charge is -2.31. The number of hydrogen-bond donors (Lipinski definition) is 0. The second-order valence-electron chi connectivity index (χ2n) is 4.58. The van der Waals surface area contributed by atoms with Crippen molar-refractivity contribution in [3.63, 3.8) is 0 Å². The Morgan fingerprint density at radius 1 is 1.11 bits per heavy atom. The highest BCUT2D eigenvalue weighted by molar-refractivity contribution is 6.04. The summed E-state index contributed by atoms with van der Waals surface area (Å²) in [5.74, 6) is 0.807. The number of ketones is 1. The van der Waals surface area contributed by atoms with E-state index in [1.54, 1.807) is 25.3 Å². The van der Waals surface area contributed by atoms with E-state index in [0.717, 1.165) is 29.9 Å². The molecule has 0 unspecified atom stereocenters. The molecule has 1 aromatic rings. The molecule has 0 aliphatic carbocycles. The Morgan fingerprint density at radius 2 is 1.63 bits per heavy atom. The molecule has 3 nitrogen and oxygen atoms in total.